The maximum atomic E-state index is 5.97. The summed E-state index contributed by atoms with van der Waals surface area (Å²) in [6.07, 6.45) is 1.91. The molecule has 0 aromatic heterocycles. The van der Waals surface area contributed by atoms with Gasteiger partial charge in [-0.1, -0.05) is 17.7 Å². The molecule has 0 saturated heterocycles. The van der Waals surface area contributed by atoms with Crippen molar-refractivity contribution in [3.05, 3.63) is 33.3 Å². The van der Waals surface area contributed by atoms with Crippen LogP contribution in [0.2, 0.25) is 5.02 Å². The summed E-state index contributed by atoms with van der Waals surface area (Å²) in [6.45, 7) is 1.87. The van der Waals surface area contributed by atoms with Gasteiger partial charge in [-0.15, -0.1) is 11.8 Å². The van der Waals surface area contributed by atoms with E-state index in [4.69, 9.17) is 11.6 Å². The van der Waals surface area contributed by atoms with E-state index in [2.05, 4.69) is 39.2 Å². The van der Waals surface area contributed by atoms with Gasteiger partial charge in [0.2, 0.25) is 0 Å². The monoisotopic (exact) mass is 299 g/mol. The molecule has 1 aromatic rings. The van der Waals surface area contributed by atoms with Gasteiger partial charge in [0.25, 0.3) is 0 Å². The molecule has 1 aromatic carbocycles. The Morgan fingerprint density at radius 3 is 2.81 bits per heavy atom. The van der Waals surface area contributed by atoms with Crippen LogP contribution in [-0.2, 0) is 0 Å². The highest BCUT2D eigenvalue weighted by Gasteiger charge is 2.09. The van der Waals surface area contributed by atoms with Gasteiger partial charge < -0.3 is 5.32 Å². The molecule has 1 nitrogen and oxygen atoms in total. The molecule has 0 spiro atoms. The first kappa shape index (κ1) is 13.6. The maximum Gasteiger partial charge on any atom is 0.0548 e. The average molecular weight is 301 g/mol. The molecule has 0 aliphatic carbocycles. The van der Waals surface area contributed by atoms with Crippen LogP contribution in [0.5, 0.6) is 0 Å². The topological polar surface area (TPSA) is 12.0 Å². The number of halogens is 2. The van der Waals surface area contributed by atoms with E-state index < -0.39 is 0 Å². The molecule has 0 amide bonds. The van der Waals surface area contributed by atoms with Gasteiger partial charge in [-0.05, 0) is 54.0 Å². The lowest BCUT2D eigenvalue weighted by Crippen LogP contribution is -2.16. The molecule has 1 atom stereocenters. The minimum Gasteiger partial charge on any atom is -0.313 e. The molecule has 0 aliphatic rings. The lowest BCUT2D eigenvalue weighted by Gasteiger charge is -2.15. The third-order valence-electron chi connectivity index (χ3n) is 2.43. The van der Waals surface area contributed by atoms with Crippen molar-refractivity contribution in [3.63, 3.8) is 0 Å². The van der Waals surface area contributed by atoms with Crippen LogP contribution in [0, 0.1) is 11.8 Å². The van der Waals surface area contributed by atoms with Gasteiger partial charge >= 0.3 is 0 Å². The highest BCUT2D eigenvalue weighted by Crippen LogP contribution is 2.27. The van der Waals surface area contributed by atoms with Gasteiger partial charge in [-0.25, -0.2) is 0 Å². The van der Waals surface area contributed by atoms with Crippen LogP contribution in [0.15, 0.2) is 22.7 Å². The second-order valence-corrected chi connectivity index (χ2v) is 4.74. The Balaban J connectivity index is 2.77. The van der Waals surface area contributed by atoms with Gasteiger partial charge in [0.1, 0.15) is 0 Å². The van der Waals surface area contributed by atoms with E-state index in [9.17, 15) is 0 Å². The van der Waals surface area contributed by atoms with Crippen LogP contribution in [0.3, 0.4) is 0 Å². The molecule has 0 heterocycles. The van der Waals surface area contributed by atoms with Crippen molar-refractivity contribution in [1.29, 1.82) is 0 Å². The zero-order chi connectivity index (χ0) is 12.0. The van der Waals surface area contributed by atoms with E-state index in [0.29, 0.717) is 6.04 Å². The summed E-state index contributed by atoms with van der Waals surface area (Å²) in [5.74, 6) is 5.99. The fourth-order valence-electron chi connectivity index (χ4n) is 1.55. The second-order valence-electron chi connectivity index (χ2n) is 3.48. The smallest absolute Gasteiger partial charge is 0.0548 e. The maximum absolute atomic E-state index is 5.97. The lowest BCUT2D eigenvalue weighted by atomic mass is 10.0. The molecular weight excluding hydrogens is 286 g/mol. The second kappa shape index (κ2) is 6.96. The van der Waals surface area contributed by atoms with Crippen LogP contribution in [-0.4, -0.2) is 7.05 Å². The molecule has 0 aliphatic heterocycles. The van der Waals surface area contributed by atoms with Crippen molar-refractivity contribution in [2.75, 3.05) is 7.05 Å². The van der Waals surface area contributed by atoms with Gasteiger partial charge in [0.05, 0.1) is 5.02 Å². The SMILES string of the molecule is CC#CCCC(NC)c1ccc(Cl)c(Br)c1. The molecule has 0 fully saturated rings. The third kappa shape index (κ3) is 3.83. The molecule has 1 unspecified atom stereocenters. The summed E-state index contributed by atoms with van der Waals surface area (Å²) in [5.41, 5.74) is 1.23. The molecule has 1 N–H and O–H groups in total. The van der Waals surface area contributed by atoms with Crippen LogP contribution >= 0.6 is 27.5 Å². The van der Waals surface area contributed by atoms with Gasteiger partial charge in [0.15, 0.2) is 0 Å². The molecule has 0 saturated carbocycles. The highest BCUT2D eigenvalue weighted by molar-refractivity contribution is 9.10. The Morgan fingerprint density at radius 2 is 2.25 bits per heavy atom. The number of hydrogen-bond acceptors (Lipinski definition) is 1. The van der Waals surface area contributed by atoms with Gasteiger partial charge in [-0.2, -0.15) is 0 Å². The standard InChI is InChI=1S/C13H15BrClN/c1-3-4-5-6-13(16-2)10-7-8-12(15)11(14)9-10/h7-9,13,16H,5-6H2,1-2H3. The summed E-state index contributed by atoms with van der Waals surface area (Å²) >= 11 is 9.40. The summed E-state index contributed by atoms with van der Waals surface area (Å²) in [4.78, 5) is 0. The summed E-state index contributed by atoms with van der Waals surface area (Å²) < 4.78 is 0.938. The predicted octanol–water partition coefficient (Wildman–Crippen LogP) is 4.17. The van der Waals surface area contributed by atoms with Crippen molar-refractivity contribution in [3.8, 4) is 11.8 Å². The minimum atomic E-state index is 0.328. The Labute approximate surface area is 111 Å². The average Bonchev–Trinajstić information content (AvgIpc) is 2.29. The van der Waals surface area contributed by atoms with E-state index in [-0.39, 0.29) is 0 Å². The van der Waals surface area contributed by atoms with Gasteiger partial charge in [-0.3, -0.25) is 0 Å². The van der Waals surface area contributed by atoms with Crippen LogP contribution in [0.1, 0.15) is 31.4 Å². The lowest BCUT2D eigenvalue weighted by molar-refractivity contribution is 0.558. The Kier molecular flexibility index (Phi) is 5.90. The zero-order valence-corrected chi connectivity index (χ0v) is 11.8. The Hall–Kier alpha value is -0.490. The molecule has 3 heteroatoms. The zero-order valence-electron chi connectivity index (χ0n) is 9.48. The Morgan fingerprint density at radius 1 is 1.50 bits per heavy atom. The number of hydrogen-bond donors (Lipinski definition) is 1. The molecule has 16 heavy (non-hydrogen) atoms. The first-order chi connectivity index (χ1) is 7.69. The summed E-state index contributed by atoms with van der Waals surface area (Å²) in [6, 6.07) is 6.35. The van der Waals surface area contributed by atoms with E-state index in [0.717, 1.165) is 22.3 Å². The third-order valence-corrected chi connectivity index (χ3v) is 3.64. The molecule has 86 valence electrons. The molecule has 1 rings (SSSR count). The predicted molar refractivity (Wildman–Crippen MR) is 73.6 cm³/mol. The van der Waals surface area contributed by atoms with Crippen molar-refractivity contribution >= 4 is 27.5 Å². The van der Waals surface area contributed by atoms with Crippen molar-refractivity contribution < 1.29 is 0 Å². The highest BCUT2D eigenvalue weighted by atomic mass is 79.9. The fraction of sp³-hybridized carbons (Fsp3) is 0.385. The minimum absolute atomic E-state index is 0.328. The van der Waals surface area contributed by atoms with Crippen LogP contribution in [0.25, 0.3) is 0 Å². The van der Waals surface area contributed by atoms with Crippen molar-refractivity contribution in [1.82, 2.24) is 5.32 Å². The quantitative estimate of drug-likeness (QED) is 0.823. The van der Waals surface area contributed by atoms with E-state index in [1.807, 2.05) is 26.1 Å². The summed E-state index contributed by atoms with van der Waals surface area (Å²) in [7, 11) is 1.96. The number of nitrogens with one attached hydrogen (secondary N) is 1. The molecule has 0 bridgehead atoms. The van der Waals surface area contributed by atoms with Crippen molar-refractivity contribution in [2.45, 2.75) is 25.8 Å². The van der Waals surface area contributed by atoms with Crippen LogP contribution in [0.4, 0.5) is 0 Å². The number of benzene rings is 1. The van der Waals surface area contributed by atoms with Gasteiger partial charge in [0, 0.05) is 16.9 Å². The first-order valence-corrected chi connectivity index (χ1v) is 6.38. The largest absolute Gasteiger partial charge is 0.313 e. The molecule has 0 radical (unpaired) electrons. The molecular formula is C13H15BrClN. The van der Waals surface area contributed by atoms with Crippen LogP contribution < -0.4 is 5.32 Å². The van der Waals surface area contributed by atoms with Crippen molar-refractivity contribution in [2.24, 2.45) is 0 Å². The van der Waals surface area contributed by atoms with E-state index in [1.165, 1.54) is 5.56 Å². The van der Waals surface area contributed by atoms with E-state index in [1.54, 1.807) is 0 Å². The van der Waals surface area contributed by atoms with E-state index >= 15 is 0 Å². The Bertz CT molecular complexity index is 406. The first-order valence-electron chi connectivity index (χ1n) is 5.21. The summed E-state index contributed by atoms with van der Waals surface area (Å²) in [5, 5.41) is 4.03. The number of rotatable bonds is 4. The normalized spacial score (nSPS) is 11.8. The fourth-order valence-corrected chi connectivity index (χ4v) is 2.06.